The molecule has 6 N–H and O–H groups in total. The van der Waals surface area contributed by atoms with E-state index in [4.69, 9.17) is 48.9 Å². The number of halogens is 2. The summed E-state index contributed by atoms with van der Waals surface area (Å²) in [5.41, 5.74) is 9.98. The van der Waals surface area contributed by atoms with Gasteiger partial charge in [0.2, 0.25) is 0 Å². The van der Waals surface area contributed by atoms with Gasteiger partial charge in [-0.15, -0.1) is 0 Å². The monoisotopic (exact) mass is 463 g/mol. The Morgan fingerprint density at radius 3 is 2.34 bits per heavy atom. The minimum atomic E-state index is -4.50. The van der Waals surface area contributed by atoms with Gasteiger partial charge in [0.15, 0.2) is 0 Å². The molecule has 1 aliphatic rings. The first-order chi connectivity index (χ1) is 13.6. The second kappa shape index (κ2) is 10.9. The van der Waals surface area contributed by atoms with Crippen molar-refractivity contribution in [3.8, 4) is 0 Å². The zero-order valence-electron chi connectivity index (χ0n) is 15.5. The van der Waals surface area contributed by atoms with Crippen molar-refractivity contribution < 1.29 is 29.1 Å². The van der Waals surface area contributed by atoms with Gasteiger partial charge in [0.25, 0.3) is 0 Å². The Kier molecular flexibility index (Phi) is 9.10. The van der Waals surface area contributed by atoms with E-state index >= 15 is 0 Å². The van der Waals surface area contributed by atoms with Crippen LogP contribution in [0.3, 0.4) is 0 Å². The van der Waals surface area contributed by atoms with Gasteiger partial charge in [0.05, 0.1) is 23.3 Å². The van der Waals surface area contributed by atoms with Gasteiger partial charge < -0.3 is 25.7 Å². The normalized spacial score (nSPS) is 19.7. The molecule has 0 spiro atoms. The maximum absolute atomic E-state index is 9.93. The third-order valence-electron chi connectivity index (χ3n) is 4.53. The van der Waals surface area contributed by atoms with Crippen LogP contribution in [0.1, 0.15) is 41.5 Å². The molecule has 1 unspecified atom stereocenters. The van der Waals surface area contributed by atoms with E-state index in [0.29, 0.717) is 16.0 Å². The highest BCUT2D eigenvalue weighted by Crippen LogP contribution is 2.41. The minimum absolute atomic E-state index is 0.148. The van der Waals surface area contributed by atoms with Crippen LogP contribution >= 0.6 is 31.0 Å². The van der Waals surface area contributed by atoms with Gasteiger partial charge in [-0.2, -0.15) is 0 Å². The minimum Gasteiger partial charge on any atom is -0.394 e. The van der Waals surface area contributed by atoms with Gasteiger partial charge in [0.1, 0.15) is 6.10 Å². The number of aliphatic hydroxyl groups is 2. The van der Waals surface area contributed by atoms with Crippen LogP contribution in [0.4, 0.5) is 0 Å². The molecule has 160 valence electrons. The number of hydrogen-bond donors (Lipinski definition) is 5. The Balaban J connectivity index is 0.000000257. The molecule has 3 rings (SSSR count). The highest BCUT2D eigenvalue weighted by molar-refractivity contribution is 7.46. The molecular weight excluding hydrogens is 440 g/mol. The van der Waals surface area contributed by atoms with Crippen LogP contribution in [-0.4, -0.2) is 39.3 Å². The molecule has 0 saturated heterocycles. The first-order valence-electron chi connectivity index (χ1n) is 8.90. The summed E-state index contributed by atoms with van der Waals surface area (Å²) >= 11 is 12.1. The van der Waals surface area contributed by atoms with Crippen molar-refractivity contribution >= 4 is 31.0 Å². The van der Waals surface area contributed by atoms with Gasteiger partial charge in [-0.25, -0.2) is 4.57 Å². The second-order valence-electron chi connectivity index (χ2n) is 6.66. The SMILES string of the molecule is N[C@H]1CC[C@@H](c2ccc(Cl)c(Cl)c2)c2ccccc21.O=P(O)(O)OCC(O)CO. The van der Waals surface area contributed by atoms with E-state index < -0.39 is 27.1 Å². The molecule has 2 aromatic carbocycles. The number of benzene rings is 2. The topological polar surface area (TPSA) is 133 Å². The van der Waals surface area contributed by atoms with Crippen molar-refractivity contribution in [2.45, 2.75) is 30.9 Å². The van der Waals surface area contributed by atoms with Crippen LogP contribution < -0.4 is 5.73 Å². The van der Waals surface area contributed by atoms with E-state index in [1.165, 1.54) is 16.7 Å². The van der Waals surface area contributed by atoms with Crippen molar-refractivity contribution in [3.05, 3.63) is 69.2 Å². The van der Waals surface area contributed by atoms with E-state index in [-0.39, 0.29) is 6.04 Å². The zero-order valence-corrected chi connectivity index (χ0v) is 17.9. The molecule has 0 aromatic heterocycles. The van der Waals surface area contributed by atoms with Crippen molar-refractivity contribution in [1.29, 1.82) is 0 Å². The number of phosphoric acid groups is 1. The third kappa shape index (κ3) is 7.33. The highest BCUT2D eigenvalue weighted by Gasteiger charge is 2.26. The number of phosphoric ester groups is 1. The van der Waals surface area contributed by atoms with Crippen LogP contribution in [0.25, 0.3) is 0 Å². The molecule has 0 fully saturated rings. The number of hydrogen-bond acceptors (Lipinski definition) is 5. The van der Waals surface area contributed by atoms with Crippen molar-refractivity contribution in [2.75, 3.05) is 13.2 Å². The predicted octanol–water partition coefficient (Wildman–Crippen LogP) is 3.37. The van der Waals surface area contributed by atoms with Gasteiger partial charge in [-0.1, -0.05) is 53.5 Å². The van der Waals surface area contributed by atoms with Crippen molar-refractivity contribution in [2.24, 2.45) is 5.73 Å². The molecule has 1 aliphatic carbocycles. The maximum atomic E-state index is 9.93. The van der Waals surface area contributed by atoms with Crippen LogP contribution in [-0.2, 0) is 9.09 Å². The Morgan fingerprint density at radius 2 is 1.76 bits per heavy atom. The highest BCUT2D eigenvalue weighted by atomic mass is 35.5. The number of aliphatic hydroxyl groups excluding tert-OH is 2. The fourth-order valence-corrected chi connectivity index (χ4v) is 3.81. The summed E-state index contributed by atoms with van der Waals surface area (Å²) in [6, 6.07) is 14.5. The number of rotatable bonds is 5. The van der Waals surface area contributed by atoms with Crippen molar-refractivity contribution in [3.63, 3.8) is 0 Å². The lowest BCUT2D eigenvalue weighted by Crippen LogP contribution is -2.20. The van der Waals surface area contributed by atoms with Crippen LogP contribution in [0, 0.1) is 0 Å². The third-order valence-corrected chi connectivity index (χ3v) is 5.75. The smallest absolute Gasteiger partial charge is 0.394 e. The molecule has 0 saturated carbocycles. The summed E-state index contributed by atoms with van der Waals surface area (Å²) < 4.78 is 13.8. The van der Waals surface area contributed by atoms with Crippen LogP contribution in [0.5, 0.6) is 0 Å². The number of nitrogens with two attached hydrogens (primary N) is 1. The Labute approximate surface area is 179 Å². The molecule has 0 heterocycles. The van der Waals surface area contributed by atoms with E-state index in [0.717, 1.165) is 12.8 Å². The fourth-order valence-electron chi connectivity index (χ4n) is 3.13. The van der Waals surface area contributed by atoms with Gasteiger partial charge in [-0.3, -0.25) is 4.52 Å². The van der Waals surface area contributed by atoms with Gasteiger partial charge in [0, 0.05) is 12.0 Å². The summed E-state index contributed by atoms with van der Waals surface area (Å²) in [5.74, 6) is 0.366. The first-order valence-corrected chi connectivity index (χ1v) is 11.2. The second-order valence-corrected chi connectivity index (χ2v) is 8.72. The fraction of sp³-hybridized carbons (Fsp3) is 0.368. The maximum Gasteiger partial charge on any atom is 0.469 e. The molecule has 2 aromatic rings. The summed E-state index contributed by atoms with van der Waals surface area (Å²) in [5, 5.41) is 17.9. The summed E-state index contributed by atoms with van der Waals surface area (Å²) in [4.78, 5) is 16.1. The van der Waals surface area contributed by atoms with E-state index in [1.54, 1.807) is 0 Å². The summed E-state index contributed by atoms with van der Waals surface area (Å²) in [6.07, 6.45) is 0.811. The lowest BCUT2D eigenvalue weighted by molar-refractivity contribution is 0.0419. The van der Waals surface area contributed by atoms with E-state index in [1.807, 2.05) is 12.1 Å². The predicted molar refractivity (Wildman–Crippen MR) is 112 cm³/mol. The quantitative estimate of drug-likeness (QED) is 0.429. The molecule has 10 heteroatoms. The molecule has 0 bridgehead atoms. The lowest BCUT2D eigenvalue weighted by atomic mass is 9.77. The average molecular weight is 464 g/mol. The molecule has 0 aliphatic heterocycles. The molecule has 0 amide bonds. The zero-order chi connectivity index (χ0) is 21.6. The molecular formula is C19H24Cl2NO6P. The molecule has 29 heavy (non-hydrogen) atoms. The standard InChI is InChI=1S/C16H15Cl2N.C3H9O6P/c17-14-7-5-10(9-15(14)18)11-6-8-16(19)13-4-2-1-3-12(11)13;4-1-3(5)2-9-10(6,7)8/h1-5,7,9,11,16H,6,8,19H2;3-5H,1-2H2,(H2,6,7,8)/t11-,16-;/m0./s1. The molecule has 0 radical (unpaired) electrons. The van der Waals surface area contributed by atoms with Crippen LogP contribution in [0.2, 0.25) is 10.0 Å². The largest absolute Gasteiger partial charge is 0.469 e. The first kappa shape index (κ1) is 24.3. The summed E-state index contributed by atoms with van der Waals surface area (Å²) in [7, 11) is -4.50. The molecule has 3 atom stereocenters. The van der Waals surface area contributed by atoms with Crippen LogP contribution in [0.15, 0.2) is 42.5 Å². The Bertz CT molecular complexity index is 862. The van der Waals surface area contributed by atoms with Crippen molar-refractivity contribution in [1.82, 2.24) is 0 Å². The average Bonchev–Trinajstić information content (AvgIpc) is 2.69. The van der Waals surface area contributed by atoms with Gasteiger partial charge >= 0.3 is 7.82 Å². The summed E-state index contributed by atoms with van der Waals surface area (Å²) in [6.45, 7) is -1.15. The molecule has 7 nitrogen and oxygen atoms in total. The van der Waals surface area contributed by atoms with E-state index in [9.17, 15) is 4.57 Å². The van der Waals surface area contributed by atoms with Gasteiger partial charge in [-0.05, 0) is 41.7 Å². The lowest BCUT2D eigenvalue weighted by Gasteiger charge is -2.30. The van der Waals surface area contributed by atoms with E-state index in [2.05, 4.69) is 34.9 Å². The Morgan fingerprint density at radius 1 is 1.10 bits per heavy atom. The Hall–Kier alpha value is -0.990. The number of fused-ring (bicyclic) bond motifs is 1.